The van der Waals surface area contributed by atoms with E-state index in [0.717, 1.165) is 55.0 Å². The highest BCUT2D eigenvalue weighted by atomic mass is 14.3. The van der Waals surface area contributed by atoms with E-state index in [1.807, 2.05) is 6.92 Å². The van der Waals surface area contributed by atoms with Gasteiger partial charge in [-0.15, -0.1) is 10.9 Å². The van der Waals surface area contributed by atoms with Crippen LogP contribution in [0.2, 0.25) is 0 Å². The largest absolute Gasteiger partial charge is 0.112 e. The molecule has 0 amide bonds. The fraction of sp³-hybridized carbons (Fsp3) is 0.348. The summed E-state index contributed by atoms with van der Waals surface area (Å²) < 4.78 is 0. The first-order valence-corrected chi connectivity index (χ1v) is 23.9. The molecule has 0 bridgehead atoms. The number of hydrogen-bond acceptors (Lipinski definition) is 0. The van der Waals surface area contributed by atoms with Gasteiger partial charge in [0.25, 0.3) is 0 Å². The third kappa shape index (κ3) is 8.25. The third-order valence-corrected chi connectivity index (χ3v) is 16.9. The molecule has 0 fully saturated rings. The van der Waals surface area contributed by atoms with E-state index in [1.54, 1.807) is 0 Å². The van der Waals surface area contributed by atoms with Gasteiger partial charge in [-0.3, -0.25) is 0 Å². The fourth-order valence-corrected chi connectivity index (χ4v) is 12.3. The van der Waals surface area contributed by atoms with Crippen LogP contribution in [0.1, 0.15) is 89.0 Å². The number of fused-ring (bicyclic) bond motifs is 3. The van der Waals surface area contributed by atoms with E-state index in [4.69, 9.17) is 92.8 Å². The van der Waals surface area contributed by atoms with E-state index in [2.05, 4.69) is 104 Å². The van der Waals surface area contributed by atoms with Crippen LogP contribution in [0.15, 0.2) is 0 Å². The molecule has 68 heavy (non-hydrogen) atoms. The summed E-state index contributed by atoms with van der Waals surface area (Å²) in [5, 5.41) is 6.47. The van der Waals surface area contributed by atoms with Crippen molar-refractivity contribution in [1.82, 2.24) is 0 Å². The van der Waals surface area contributed by atoms with E-state index < -0.39 is 51.5 Å². The Hall–Kier alpha value is -2.47. The van der Waals surface area contributed by atoms with Crippen molar-refractivity contribution in [3.05, 3.63) is 89.0 Å². The molecule has 6 rings (SSSR count). The highest BCUT2D eigenvalue weighted by molar-refractivity contribution is 7.85. The molecule has 0 nitrogen and oxygen atoms in total. The van der Waals surface area contributed by atoms with Crippen LogP contribution in [-0.4, -0.2) is 158 Å². The fourth-order valence-electron chi connectivity index (χ4n) is 12.3. The van der Waals surface area contributed by atoms with Crippen LogP contribution in [-0.2, 0) is 0 Å². The molecule has 0 aliphatic heterocycles. The first kappa shape index (κ1) is 54.9. The van der Waals surface area contributed by atoms with Crippen molar-refractivity contribution in [2.45, 2.75) is 111 Å². The zero-order chi connectivity index (χ0) is 51.4. The number of aryl methyl sites for hydroxylation is 6. The molecule has 0 aromatic heterocycles. The molecule has 0 aliphatic rings. The van der Waals surface area contributed by atoms with Gasteiger partial charge in [0.15, 0.2) is 0 Å². The third-order valence-electron chi connectivity index (χ3n) is 16.9. The van der Waals surface area contributed by atoms with Gasteiger partial charge in [0.05, 0.1) is 26.0 Å². The van der Waals surface area contributed by atoms with Crippen molar-refractivity contribution in [1.29, 1.82) is 0 Å². The van der Waals surface area contributed by atoms with Crippen molar-refractivity contribution in [2.24, 2.45) is 0 Å². The van der Waals surface area contributed by atoms with E-state index in [-0.39, 0.29) is 0 Å². The first-order valence-electron chi connectivity index (χ1n) is 23.9. The smallest absolute Gasteiger partial charge is 0.0821 e. The van der Waals surface area contributed by atoms with E-state index >= 15 is 0 Å². The molecule has 0 atom stereocenters. The minimum absolute atomic E-state index is 0.552. The predicted molar refractivity (Wildman–Crippen MR) is 331 cm³/mol. The molecule has 0 N–H and O–H groups in total. The second kappa shape index (κ2) is 20.2. The molecule has 0 heterocycles. The van der Waals surface area contributed by atoms with Crippen molar-refractivity contribution >= 4 is 213 Å². The van der Waals surface area contributed by atoms with Crippen molar-refractivity contribution in [3.63, 3.8) is 0 Å². The van der Waals surface area contributed by atoms with E-state index in [9.17, 15) is 0 Å². The van der Waals surface area contributed by atoms with Crippen molar-refractivity contribution in [3.8, 4) is 22.3 Å². The van der Waals surface area contributed by atoms with Gasteiger partial charge in [-0.25, -0.2) is 0 Å². The summed E-state index contributed by atoms with van der Waals surface area (Å²) in [6, 6.07) is 0. The molecule has 0 aliphatic carbocycles. The first-order chi connectivity index (χ1) is 31.6. The van der Waals surface area contributed by atoms with Crippen LogP contribution in [0.5, 0.6) is 0 Å². The van der Waals surface area contributed by atoms with Crippen LogP contribution < -0.4 is 21.9 Å². The topological polar surface area (TPSA) is 0 Å². The quantitative estimate of drug-likeness (QED) is 0.130. The number of rotatable bonds is 12. The summed E-state index contributed by atoms with van der Waals surface area (Å²) in [5.74, 6) is 0. The second-order valence-electron chi connectivity index (χ2n) is 20.2. The molecule has 298 valence electrons. The Morgan fingerprint density at radius 1 is 0.265 bits per heavy atom. The van der Waals surface area contributed by atoms with Crippen LogP contribution >= 0.6 is 0 Å². The molecule has 0 spiro atoms. The summed E-state index contributed by atoms with van der Waals surface area (Å²) in [5.41, 5.74) is 26.3. The SMILES string of the molecule is [B][B]B(B([B])[B])c1c(B(B([B])[B])B([B])[B])c(C)c2c(C)c(C)c(-c3c(C)c(C)c(C)c4c(C)c5c(-c6c(C)c(C)c(C)c(C)c6C)c(C)c(C)c(C)c5c(C)c34)c(B([B])[B][B])c2c1B([B])B([B])[B]. The summed E-state index contributed by atoms with van der Waals surface area (Å²) in [6.07, 6.45) is -4.07. The zero-order valence-corrected chi connectivity index (χ0v) is 43.7. The summed E-state index contributed by atoms with van der Waals surface area (Å²) in [7, 11) is 83.7. The Morgan fingerprint density at radius 2 is 0.618 bits per heavy atom. The van der Waals surface area contributed by atoms with Crippen molar-refractivity contribution < 1.29 is 0 Å². The molecular weight excluding hydrogens is 790 g/mol. The van der Waals surface area contributed by atoms with E-state index in [1.165, 1.54) is 108 Å². The van der Waals surface area contributed by atoms with E-state index in [0.29, 0.717) is 16.4 Å². The minimum atomic E-state index is -1.06. The average molecular weight is 839 g/mol. The monoisotopic (exact) mass is 843 g/mol. The van der Waals surface area contributed by atoms with Gasteiger partial charge >= 0.3 is 0 Å². The van der Waals surface area contributed by atoms with Gasteiger partial charge in [0, 0.05) is 133 Å². The van der Waals surface area contributed by atoms with Crippen molar-refractivity contribution in [2.75, 3.05) is 0 Å². The Bertz CT molecular complexity index is 3030. The van der Waals surface area contributed by atoms with Crippen LogP contribution in [0.3, 0.4) is 0 Å². The second-order valence-corrected chi connectivity index (χ2v) is 20.2. The summed E-state index contributed by atoms with van der Waals surface area (Å²) in [6.45, 7) is 32.3. The molecule has 0 saturated heterocycles. The lowest BCUT2D eigenvalue weighted by molar-refractivity contribution is 1.17. The maximum absolute atomic E-state index is 7.41. The standard InChI is InChI=1S/C46H48B22/c1-17-18(2)22(6)33(23(7)19(17)3)37-26(10)20(4)24(8)34-31(15)40-35(30(14)39(34)37)25(9)21(5)27(11)38(40)41-29(13)28(12)36-32(16)43(64(67(55)56)68(57)58)46(63(60-48)66(53)54)45(62(50)65(51)52)42(36)44(41)61(49)59-47/h1-16H3. The van der Waals surface area contributed by atoms with Gasteiger partial charge < -0.3 is 0 Å². The lowest BCUT2D eigenvalue weighted by Crippen LogP contribution is -2.74. The maximum atomic E-state index is 7.41. The van der Waals surface area contributed by atoms with Crippen LogP contribution in [0.4, 0.5) is 0 Å². The molecule has 6 aromatic carbocycles. The van der Waals surface area contributed by atoms with Crippen LogP contribution in [0.25, 0.3) is 54.6 Å². The molecule has 22 heteroatoms. The van der Waals surface area contributed by atoms with Gasteiger partial charge in [-0.1, -0.05) is 16.5 Å². The zero-order valence-electron chi connectivity index (χ0n) is 43.7. The molecule has 26 radical (unpaired) electrons. The maximum Gasteiger partial charge on any atom is 0.0821 e. The Balaban J connectivity index is 2.05. The summed E-state index contributed by atoms with van der Waals surface area (Å²) >= 11 is 0. The Labute approximate surface area is 431 Å². The van der Waals surface area contributed by atoms with Gasteiger partial charge in [-0.2, -0.15) is 0 Å². The lowest BCUT2D eigenvalue weighted by atomic mass is 8.70. The van der Waals surface area contributed by atoms with Gasteiger partial charge in [-0.05, 0) is 249 Å². The van der Waals surface area contributed by atoms with Gasteiger partial charge in [0.1, 0.15) is 0 Å². The molecule has 0 unspecified atom stereocenters. The number of hydrogen-bond donors (Lipinski definition) is 0. The normalized spacial score (nSPS) is 11.4. The number of benzene rings is 6. The molecular formula is C46H48B22. The predicted octanol–water partition coefficient (Wildman–Crippen LogP) is 1.74. The summed E-state index contributed by atoms with van der Waals surface area (Å²) in [4.78, 5) is 0. The molecule has 0 saturated carbocycles. The minimum Gasteiger partial charge on any atom is -0.112 e. The Morgan fingerprint density at radius 3 is 1.00 bits per heavy atom. The molecule has 6 aromatic rings. The van der Waals surface area contributed by atoms with Crippen LogP contribution in [0, 0.1) is 111 Å². The van der Waals surface area contributed by atoms with Gasteiger partial charge in [0.2, 0.25) is 0 Å². The highest BCUT2D eigenvalue weighted by Gasteiger charge is 2.38. The highest BCUT2D eigenvalue weighted by Crippen LogP contribution is 2.50. The Kier molecular flexibility index (Phi) is 16.3. The lowest BCUT2D eigenvalue weighted by Gasteiger charge is -2.39. The average Bonchev–Trinajstić information content (AvgIpc) is 3.27.